The molecule has 30 heavy (non-hydrogen) atoms. The lowest BCUT2D eigenvalue weighted by Gasteiger charge is -2.23. The molecule has 0 aliphatic heterocycles. The van der Waals surface area contributed by atoms with E-state index in [1.165, 1.54) is 11.3 Å². The second kappa shape index (κ2) is 9.95. The fraction of sp³-hybridized carbons (Fsp3) is 0.250. The van der Waals surface area contributed by atoms with Crippen LogP contribution in [0.4, 0.5) is 5.00 Å². The number of nitrogens with one attached hydrogen (secondary N) is 1. The minimum atomic E-state index is -0.925. The number of aryl methyl sites for hydroxylation is 1. The van der Waals surface area contributed by atoms with Crippen LogP contribution in [-0.4, -0.2) is 17.1 Å². The summed E-state index contributed by atoms with van der Waals surface area (Å²) in [5.74, 6) is -0.251. The minimum Gasteiger partial charge on any atom is -0.480 e. The number of carboxylic acids is 1. The van der Waals surface area contributed by atoms with Crippen LogP contribution in [0.25, 0.3) is 0 Å². The first-order valence-electron chi connectivity index (χ1n) is 9.73. The van der Waals surface area contributed by atoms with Crippen LogP contribution in [0, 0.1) is 24.2 Å². The Bertz CT molecular complexity index is 1030. The highest BCUT2D eigenvalue weighted by Crippen LogP contribution is 2.31. The molecule has 0 radical (unpaired) electrons. The largest absolute Gasteiger partial charge is 0.480 e. The summed E-state index contributed by atoms with van der Waals surface area (Å²) in [6.45, 7) is 3.83. The van der Waals surface area contributed by atoms with Gasteiger partial charge in [0.2, 0.25) is 0 Å². The standard InChI is InChI=1S/C24H24N2O3S/c1-16-11-22(30-15-16)26-23(24(27)28)17(2)12-19(14-25)18-7-6-10-21(13-18)29-20-8-4-3-5-9-20/h3-11,13,15,17,19,23,26H,12H2,1-2H3,(H,27,28). The van der Waals surface area contributed by atoms with Gasteiger partial charge in [-0.15, -0.1) is 11.3 Å². The quantitative estimate of drug-likeness (QED) is 0.440. The molecule has 1 heterocycles. The van der Waals surface area contributed by atoms with Crippen molar-refractivity contribution in [2.45, 2.75) is 32.2 Å². The molecule has 1 aromatic heterocycles. The smallest absolute Gasteiger partial charge is 0.326 e. The van der Waals surface area contributed by atoms with E-state index in [0.29, 0.717) is 12.2 Å². The van der Waals surface area contributed by atoms with Gasteiger partial charge < -0.3 is 15.2 Å². The van der Waals surface area contributed by atoms with Gasteiger partial charge in [0.25, 0.3) is 0 Å². The fourth-order valence-electron chi connectivity index (χ4n) is 3.30. The molecule has 3 atom stereocenters. The first kappa shape index (κ1) is 21.4. The predicted octanol–water partition coefficient (Wildman–Crippen LogP) is 6.05. The average Bonchev–Trinajstić information content (AvgIpc) is 3.15. The molecule has 5 nitrogen and oxygen atoms in total. The lowest BCUT2D eigenvalue weighted by molar-refractivity contribution is -0.139. The zero-order chi connectivity index (χ0) is 21.5. The number of para-hydroxylation sites is 1. The lowest BCUT2D eigenvalue weighted by Crippen LogP contribution is -2.36. The maximum atomic E-state index is 11.9. The van der Waals surface area contributed by atoms with Gasteiger partial charge in [-0.2, -0.15) is 5.26 Å². The zero-order valence-corrected chi connectivity index (χ0v) is 17.7. The maximum absolute atomic E-state index is 11.9. The molecule has 3 unspecified atom stereocenters. The number of hydrogen-bond donors (Lipinski definition) is 2. The SMILES string of the molecule is Cc1csc(NC(C(=O)O)C(C)CC(C#N)c2cccc(Oc3ccccc3)c2)c1. The van der Waals surface area contributed by atoms with Crippen LogP contribution in [0.1, 0.15) is 30.4 Å². The topological polar surface area (TPSA) is 82.4 Å². The molecule has 0 saturated carbocycles. The van der Waals surface area contributed by atoms with Crippen molar-refractivity contribution in [3.8, 4) is 17.6 Å². The Balaban J connectivity index is 1.72. The van der Waals surface area contributed by atoms with E-state index in [2.05, 4.69) is 11.4 Å². The predicted molar refractivity (Wildman–Crippen MR) is 119 cm³/mol. The number of anilines is 1. The van der Waals surface area contributed by atoms with Gasteiger partial charge in [0.1, 0.15) is 17.5 Å². The summed E-state index contributed by atoms with van der Waals surface area (Å²) in [5.41, 5.74) is 1.90. The summed E-state index contributed by atoms with van der Waals surface area (Å²) in [6, 6.07) is 20.3. The number of aliphatic carboxylic acids is 1. The van der Waals surface area contributed by atoms with Crippen molar-refractivity contribution >= 4 is 22.3 Å². The van der Waals surface area contributed by atoms with Crippen LogP contribution < -0.4 is 10.1 Å². The Labute approximate surface area is 180 Å². The molecule has 0 aliphatic carbocycles. The van der Waals surface area contributed by atoms with Crippen LogP contribution in [0.2, 0.25) is 0 Å². The summed E-state index contributed by atoms with van der Waals surface area (Å²) >= 11 is 1.48. The van der Waals surface area contributed by atoms with Crippen LogP contribution in [-0.2, 0) is 4.79 Å². The highest BCUT2D eigenvalue weighted by molar-refractivity contribution is 7.14. The Hall–Kier alpha value is -3.30. The Morgan fingerprint density at radius 1 is 1.17 bits per heavy atom. The molecule has 3 rings (SSSR count). The molecule has 2 N–H and O–H groups in total. The highest BCUT2D eigenvalue weighted by atomic mass is 32.1. The second-order valence-corrected chi connectivity index (χ2v) is 8.24. The molecule has 0 fully saturated rings. The molecular weight excluding hydrogens is 396 g/mol. The monoisotopic (exact) mass is 420 g/mol. The van der Waals surface area contributed by atoms with Crippen LogP contribution >= 0.6 is 11.3 Å². The van der Waals surface area contributed by atoms with Crippen molar-refractivity contribution in [3.63, 3.8) is 0 Å². The average molecular weight is 421 g/mol. The van der Waals surface area contributed by atoms with Gasteiger partial charge in [-0.05, 0) is 66.1 Å². The molecule has 0 aliphatic rings. The van der Waals surface area contributed by atoms with Gasteiger partial charge in [0.05, 0.1) is 17.0 Å². The third-order valence-corrected chi connectivity index (χ3v) is 5.85. The highest BCUT2D eigenvalue weighted by Gasteiger charge is 2.28. The summed E-state index contributed by atoms with van der Waals surface area (Å²) in [6.07, 6.45) is 0.416. The van der Waals surface area contributed by atoms with Crippen molar-refractivity contribution in [1.29, 1.82) is 5.26 Å². The molecule has 0 spiro atoms. The van der Waals surface area contributed by atoms with E-state index in [-0.39, 0.29) is 5.92 Å². The number of thiophene rings is 1. The van der Waals surface area contributed by atoms with E-state index in [0.717, 1.165) is 21.9 Å². The van der Waals surface area contributed by atoms with Crippen molar-refractivity contribution in [1.82, 2.24) is 0 Å². The molecule has 154 valence electrons. The third kappa shape index (κ3) is 5.62. The molecule has 0 saturated heterocycles. The number of carboxylic acid groups (broad SMARTS) is 1. The maximum Gasteiger partial charge on any atom is 0.326 e. The van der Waals surface area contributed by atoms with Crippen molar-refractivity contribution < 1.29 is 14.6 Å². The van der Waals surface area contributed by atoms with Crippen LogP contribution in [0.5, 0.6) is 11.5 Å². The fourth-order valence-corrected chi connectivity index (χ4v) is 4.13. The lowest BCUT2D eigenvalue weighted by atomic mass is 9.86. The van der Waals surface area contributed by atoms with Crippen molar-refractivity contribution in [3.05, 3.63) is 77.2 Å². The normalized spacial score (nSPS) is 13.6. The van der Waals surface area contributed by atoms with E-state index in [1.54, 1.807) is 0 Å². The Kier molecular flexibility index (Phi) is 7.10. The second-order valence-electron chi connectivity index (χ2n) is 7.33. The summed E-state index contributed by atoms with van der Waals surface area (Å²) in [7, 11) is 0. The van der Waals surface area contributed by atoms with Crippen LogP contribution in [0.15, 0.2) is 66.0 Å². The van der Waals surface area contributed by atoms with Gasteiger partial charge in [0.15, 0.2) is 0 Å². The number of nitriles is 1. The van der Waals surface area contributed by atoms with E-state index >= 15 is 0 Å². The zero-order valence-electron chi connectivity index (χ0n) is 16.9. The van der Waals surface area contributed by atoms with Gasteiger partial charge >= 0.3 is 5.97 Å². The van der Waals surface area contributed by atoms with Gasteiger partial charge in [-0.1, -0.05) is 37.3 Å². The number of hydrogen-bond acceptors (Lipinski definition) is 5. The minimum absolute atomic E-state index is 0.256. The van der Waals surface area contributed by atoms with Gasteiger partial charge in [-0.25, -0.2) is 4.79 Å². The number of rotatable bonds is 9. The van der Waals surface area contributed by atoms with E-state index in [1.807, 2.05) is 79.9 Å². The van der Waals surface area contributed by atoms with E-state index in [4.69, 9.17) is 4.74 Å². The third-order valence-electron chi connectivity index (χ3n) is 4.87. The Morgan fingerprint density at radius 3 is 2.53 bits per heavy atom. The number of carbonyl (C=O) groups is 1. The van der Waals surface area contributed by atoms with E-state index in [9.17, 15) is 15.2 Å². The molecule has 3 aromatic rings. The molecule has 0 amide bonds. The Morgan fingerprint density at radius 2 is 1.90 bits per heavy atom. The first-order chi connectivity index (χ1) is 14.5. The number of ether oxygens (including phenoxy) is 1. The molecular formula is C24H24N2O3S. The number of benzene rings is 2. The van der Waals surface area contributed by atoms with Crippen molar-refractivity contribution in [2.75, 3.05) is 5.32 Å². The molecule has 0 bridgehead atoms. The van der Waals surface area contributed by atoms with Crippen molar-refractivity contribution in [2.24, 2.45) is 5.92 Å². The van der Waals surface area contributed by atoms with E-state index < -0.39 is 17.9 Å². The van der Waals surface area contributed by atoms with Gasteiger partial charge in [-0.3, -0.25) is 0 Å². The summed E-state index contributed by atoms with van der Waals surface area (Å²) in [5, 5.41) is 25.4. The van der Waals surface area contributed by atoms with Crippen LogP contribution in [0.3, 0.4) is 0 Å². The van der Waals surface area contributed by atoms with Gasteiger partial charge in [0, 0.05) is 0 Å². The molecule has 6 heteroatoms. The summed E-state index contributed by atoms with van der Waals surface area (Å²) in [4.78, 5) is 11.9. The molecule has 2 aromatic carbocycles. The first-order valence-corrected chi connectivity index (χ1v) is 10.6. The summed E-state index contributed by atoms with van der Waals surface area (Å²) < 4.78 is 5.87. The number of nitrogens with zero attached hydrogens (tertiary/aromatic N) is 1.